The average molecular weight is 376 g/mol. The van der Waals surface area contributed by atoms with Crippen LogP contribution in [0.25, 0.3) is 10.7 Å². The zero-order valence-corrected chi connectivity index (χ0v) is 15.0. The standard InChI is InChI=1S/C15H13N5OS3/c1-3-11(22-7-1)5-6-20-10-16-18-15(20)24-9-13-17-14(19-21-13)12-4-2-8-23-12/h1-4,7-8,10H,5-6,9H2. The number of aromatic nitrogens is 5. The van der Waals surface area contributed by atoms with Crippen molar-refractivity contribution in [1.29, 1.82) is 0 Å². The molecule has 0 amide bonds. The van der Waals surface area contributed by atoms with Crippen LogP contribution in [0.15, 0.2) is 51.0 Å². The van der Waals surface area contributed by atoms with Crippen LogP contribution in [-0.2, 0) is 18.7 Å². The molecule has 0 bridgehead atoms. The number of hydrogen-bond donors (Lipinski definition) is 0. The minimum Gasteiger partial charge on any atom is -0.338 e. The Hall–Kier alpha value is -1.97. The minimum atomic E-state index is 0.579. The van der Waals surface area contributed by atoms with Gasteiger partial charge in [0.15, 0.2) is 5.16 Å². The van der Waals surface area contributed by atoms with Gasteiger partial charge in [0.05, 0.1) is 10.6 Å². The van der Waals surface area contributed by atoms with Crippen LogP contribution in [0.5, 0.6) is 0 Å². The van der Waals surface area contributed by atoms with Crippen molar-refractivity contribution >= 4 is 34.4 Å². The highest BCUT2D eigenvalue weighted by atomic mass is 32.2. The predicted molar refractivity (Wildman–Crippen MR) is 95.2 cm³/mol. The fourth-order valence-corrected chi connectivity index (χ4v) is 4.27. The van der Waals surface area contributed by atoms with E-state index in [1.807, 2.05) is 17.5 Å². The van der Waals surface area contributed by atoms with Gasteiger partial charge in [-0.3, -0.25) is 0 Å². The SMILES string of the molecule is c1csc(CCn2cnnc2SCc2nc(-c3cccs3)no2)c1. The Bertz CT molecular complexity index is 882. The van der Waals surface area contributed by atoms with Gasteiger partial charge in [0.25, 0.3) is 0 Å². The molecular formula is C15H13N5OS3. The van der Waals surface area contributed by atoms with Gasteiger partial charge in [-0.1, -0.05) is 29.1 Å². The Morgan fingerprint density at radius 1 is 1.17 bits per heavy atom. The molecule has 4 aromatic rings. The van der Waals surface area contributed by atoms with Gasteiger partial charge in [0, 0.05) is 11.4 Å². The summed E-state index contributed by atoms with van der Waals surface area (Å²) in [5.74, 6) is 1.81. The van der Waals surface area contributed by atoms with E-state index < -0.39 is 0 Å². The second-order valence-electron chi connectivity index (χ2n) is 4.91. The van der Waals surface area contributed by atoms with E-state index in [1.54, 1.807) is 40.8 Å². The third kappa shape index (κ3) is 3.58. The first-order chi connectivity index (χ1) is 11.9. The fraction of sp³-hybridized carbons (Fsp3) is 0.200. The van der Waals surface area contributed by atoms with Crippen LogP contribution < -0.4 is 0 Å². The smallest absolute Gasteiger partial charge is 0.237 e. The molecule has 4 aromatic heterocycles. The van der Waals surface area contributed by atoms with Crippen LogP contribution in [0.1, 0.15) is 10.8 Å². The lowest BCUT2D eigenvalue weighted by molar-refractivity contribution is 0.391. The largest absolute Gasteiger partial charge is 0.338 e. The highest BCUT2D eigenvalue weighted by Crippen LogP contribution is 2.24. The molecule has 0 atom stereocenters. The van der Waals surface area contributed by atoms with E-state index in [0.717, 1.165) is 23.0 Å². The maximum absolute atomic E-state index is 5.31. The van der Waals surface area contributed by atoms with Gasteiger partial charge in [-0.15, -0.1) is 32.9 Å². The van der Waals surface area contributed by atoms with E-state index in [4.69, 9.17) is 4.52 Å². The summed E-state index contributed by atoms with van der Waals surface area (Å²) in [6.45, 7) is 0.861. The summed E-state index contributed by atoms with van der Waals surface area (Å²) >= 11 is 4.92. The van der Waals surface area contributed by atoms with Crippen LogP contribution in [0.4, 0.5) is 0 Å². The third-order valence-corrected chi connectivity index (χ3v) is 6.06. The Morgan fingerprint density at radius 3 is 2.92 bits per heavy atom. The first-order valence-corrected chi connectivity index (χ1v) is 10.0. The van der Waals surface area contributed by atoms with Crippen molar-refractivity contribution in [3.63, 3.8) is 0 Å². The molecule has 0 unspecified atom stereocenters. The number of nitrogens with zero attached hydrogens (tertiary/aromatic N) is 5. The van der Waals surface area contributed by atoms with E-state index >= 15 is 0 Å². The molecule has 0 N–H and O–H groups in total. The molecule has 0 spiro atoms. The van der Waals surface area contributed by atoms with Crippen molar-refractivity contribution in [2.45, 2.75) is 23.9 Å². The first kappa shape index (κ1) is 15.6. The maximum atomic E-state index is 5.31. The molecule has 0 radical (unpaired) electrons. The summed E-state index contributed by atoms with van der Waals surface area (Å²) in [5.41, 5.74) is 0. The lowest BCUT2D eigenvalue weighted by Crippen LogP contribution is -2.01. The van der Waals surface area contributed by atoms with Crippen molar-refractivity contribution in [2.75, 3.05) is 0 Å². The second kappa shape index (κ2) is 7.29. The van der Waals surface area contributed by atoms with Crippen LogP contribution in [-0.4, -0.2) is 24.9 Å². The van der Waals surface area contributed by atoms with E-state index in [0.29, 0.717) is 17.5 Å². The summed E-state index contributed by atoms with van der Waals surface area (Å²) in [5, 5.41) is 17.2. The number of aryl methyl sites for hydroxylation is 2. The van der Waals surface area contributed by atoms with Gasteiger partial charge in [0.1, 0.15) is 6.33 Å². The first-order valence-electron chi connectivity index (χ1n) is 7.28. The van der Waals surface area contributed by atoms with E-state index in [2.05, 4.69) is 42.4 Å². The molecule has 9 heteroatoms. The summed E-state index contributed by atoms with van der Waals surface area (Å²) < 4.78 is 7.37. The van der Waals surface area contributed by atoms with Gasteiger partial charge in [0.2, 0.25) is 11.7 Å². The molecule has 122 valence electrons. The van der Waals surface area contributed by atoms with Gasteiger partial charge in [-0.25, -0.2) is 0 Å². The number of rotatable bonds is 7. The molecule has 0 aliphatic heterocycles. The predicted octanol–water partition coefficient (Wildman–Crippen LogP) is 3.99. The van der Waals surface area contributed by atoms with Gasteiger partial charge >= 0.3 is 0 Å². The summed E-state index contributed by atoms with van der Waals surface area (Å²) in [6, 6.07) is 8.17. The quantitative estimate of drug-likeness (QED) is 0.455. The normalized spacial score (nSPS) is 11.2. The van der Waals surface area contributed by atoms with Crippen molar-refractivity contribution in [3.05, 3.63) is 52.1 Å². The van der Waals surface area contributed by atoms with Gasteiger partial charge < -0.3 is 9.09 Å². The molecule has 4 rings (SSSR count). The van der Waals surface area contributed by atoms with Gasteiger partial charge in [-0.2, -0.15) is 4.98 Å². The molecule has 0 fully saturated rings. The maximum Gasteiger partial charge on any atom is 0.237 e. The number of thiophene rings is 2. The molecule has 0 saturated carbocycles. The Morgan fingerprint density at radius 2 is 2.08 bits per heavy atom. The summed E-state index contributed by atoms with van der Waals surface area (Å²) in [7, 11) is 0. The molecule has 0 aliphatic rings. The number of thioether (sulfide) groups is 1. The average Bonchev–Trinajstić information content (AvgIpc) is 3.40. The Kier molecular flexibility index (Phi) is 4.72. The monoisotopic (exact) mass is 375 g/mol. The molecule has 24 heavy (non-hydrogen) atoms. The van der Waals surface area contributed by atoms with Gasteiger partial charge in [-0.05, 0) is 29.3 Å². The summed E-state index contributed by atoms with van der Waals surface area (Å²) in [6.07, 6.45) is 2.74. The zero-order valence-electron chi connectivity index (χ0n) is 12.5. The molecule has 4 heterocycles. The van der Waals surface area contributed by atoms with E-state index in [-0.39, 0.29) is 0 Å². The highest BCUT2D eigenvalue weighted by Gasteiger charge is 2.12. The van der Waals surface area contributed by atoms with Crippen molar-refractivity contribution in [1.82, 2.24) is 24.9 Å². The third-order valence-electron chi connectivity index (χ3n) is 3.29. The minimum absolute atomic E-state index is 0.579. The van der Waals surface area contributed by atoms with Crippen LogP contribution in [0, 0.1) is 0 Å². The Balaban J connectivity index is 1.37. The lowest BCUT2D eigenvalue weighted by Gasteiger charge is -2.03. The van der Waals surface area contributed by atoms with E-state index in [1.165, 1.54) is 4.88 Å². The summed E-state index contributed by atoms with van der Waals surface area (Å²) in [4.78, 5) is 6.79. The highest BCUT2D eigenvalue weighted by molar-refractivity contribution is 7.98. The zero-order chi connectivity index (χ0) is 16.2. The fourth-order valence-electron chi connectivity index (χ4n) is 2.14. The van der Waals surface area contributed by atoms with Crippen LogP contribution in [0.3, 0.4) is 0 Å². The molecule has 0 aromatic carbocycles. The lowest BCUT2D eigenvalue weighted by atomic mass is 10.3. The van der Waals surface area contributed by atoms with Crippen molar-refractivity contribution in [3.8, 4) is 10.7 Å². The molecule has 0 aliphatic carbocycles. The molecule has 6 nitrogen and oxygen atoms in total. The molecule has 0 saturated heterocycles. The van der Waals surface area contributed by atoms with Crippen LogP contribution >= 0.6 is 34.4 Å². The second-order valence-corrected chi connectivity index (χ2v) is 7.84. The molecular weight excluding hydrogens is 362 g/mol. The number of hydrogen-bond acceptors (Lipinski definition) is 8. The van der Waals surface area contributed by atoms with Crippen LogP contribution in [0.2, 0.25) is 0 Å². The van der Waals surface area contributed by atoms with E-state index in [9.17, 15) is 0 Å². The topological polar surface area (TPSA) is 69.6 Å². The van der Waals surface area contributed by atoms with Crippen molar-refractivity contribution < 1.29 is 4.52 Å². The Labute approximate surface area is 150 Å². The van der Waals surface area contributed by atoms with Crippen molar-refractivity contribution in [2.24, 2.45) is 0 Å².